The number of fused-ring (bicyclic) bond motifs is 5. The third-order valence-electron chi connectivity index (χ3n) is 4.97. The van der Waals surface area contributed by atoms with E-state index in [1.165, 1.54) is 34.7 Å². The molecule has 0 aliphatic heterocycles. The smallest absolute Gasteiger partial charge is 0.187 e. The largest absolute Gasteiger partial charge is 0.278 e. The third-order valence-corrected chi connectivity index (χ3v) is 5.55. The molecule has 3 heterocycles. The Hall–Kier alpha value is -2.47. The Morgan fingerprint density at radius 1 is 1.00 bits per heavy atom. The Kier molecular flexibility index (Phi) is 3.45. The second kappa shape index (κ2) is 5.81. The molecule has 1 aliphatic rings. The van der Waals surface area contributed by atoms with E-state index < -0.39 is 0 Å². The van der Waals surface area contributed by atoms with Crippen LogP contribution in [0.1, 0.15) is 24.0 Å². The van der Waals surface area contributed by atoms with Crippen LogP contribution in [0.15, 0.2) is 35.9 Å². The van der Waals surface area contributed by atoms with Crippen LogP contribution in [0, 0.1) is 0 Å². The molecule has 0 fully saturated rings. The van der Waals surface area contributed by atoms with Gasteiger partial charge in [-0.1, -0.05) is 11.8 Å². The number of hydrogen-bond donors (Lipinski definition) is 1. The molecule has 0 spiro atoms. The minimum absolute atomic E-state index is 0.790. The van der Waals surface area contributed by atoms with Crippen LogP contribution in [0.25, 0.3) is 33.1 Å². The first-order chi connectivity index (χ1) is 12.3. The first kappa shape index (κ1) is 14.8. The molecule has 0 atom stereocenters. The van der Waals surface area contributed by atoms with E-state index in [0.29, 0.717) is 0 Å². The van der Waals surface area contributed by atoms with E-state index in [1.807, 2.05) is 24.8 Å². The highest BCUT2D eigenvalue weighted by Crippen LogP contribution is 2.37. The number of rotatable bonds is 2. The van der Waals surface area contributed by atoms with Crippen molar-refractivity contribution >= 4 is 33.6 Å². The number of aromatic amines is 1. The van der Waals surface area contributed by atoms with Gasteiger partial charge in [-0.3, -0.25) is 5.10 Å². The van der Waals surface area contributed by atoms with E-state index in [9.17, 15) is 0 Å². The number of aromatic nitrogens is 5. The summed E-state index contributed by atoms with van der Waals surface area (Å²) in [4.78, 5) is 13.9. The molecular weight excluding hydrogens is 330 g/mol. The molecule has 4 aromatic rings. The van der Waals surface area contributed by atoms with Gasteiger partial charge in [0.15, 0.2) is 5.16 Å². The van der Waals surface area contributed by atoms with Crippen molar-refractivity contribution in [1.29, 1.82) is 0 Å². The van der Waals surface area contributed by atoms with Gasteiger partial charge in [-0.25, -0.2) is 15.0 Å². The summed E-state index contributed by atoms with van der Waals surface area (Å²) in [5.74, 6) is 0. The fourth-order valence-corrected chi connectivity index (χ4v) is 4.15. The van der Waals surface area contributed by atoms with Crippen molar-refractivity contribution in [2.75, 3.05) is 6.26 Å². The molecule has 0 saturated heterocycles. The Bertz CT molecular complexity index is 1080. The molecule has 0 saturated carbocycles. The lowest BCUT2D eigenvalue weighted by molar-refractivity contribution is 0.689. The van der Waals surface area contributed by atoms with Crippen LogP contribution < -0.4 is 0 Å². The Morgan fingerprint density at radius 3 is 2.60 bits per heavy atom. The van der Waals surface area contributed by atoms with E-state index in [0.717, 1.165) is 40.3 Å². The number of nitrogens with zero attached hydrogens (tertiary/aromatic N) is 4. The topological polar surface area (TPSA) is 67.3 Å². The standard InChI is InChI=1S/C19H17N5S/c1-25-19-20-8-11(9-21-19)18-13-5-3-2-4-12(13)17-14-10-22-24-15(14)6-7-16(17)23-18/h6-10H,2-5H2,1H3,(H,22,24). The molecule has 0 bridgehead atoms. The molecule has 6 heteroatoms. The van der Waals surface area contributed by atoms with Crippen LogP contribution >= 0.6 is 11.8 Å². The van der Waals surface area contributed by atoms with Crippen LogP contribution in [-0.4, -0.2) is 31.4 Å². The van der Waals surface area contributed by atoms with Crippen molar-refractivity contribution < 1.29 is 0 Å². The minimum Gasteiger partial charge on any atom is -0.278 e. The summed E-state index contributed by atoms with van der Waals surface area (Å²) in [7, 11) is 0. The van der Waals surface area contributed by atoms with Crippen LogP contribution in [0.5, 0.6) is 0 Å². The normalized spacial score (nSPS) is 14.1. The average molecular weight is 347 g/mol. The molecule has 124 valence electrons. The predicted molar refractivity (Wildman–Crippen MR) is 101 cm³/mol. The van der Waals surface area contributed by atoms with E-state index in [1.54, 1.807) is 11.8 Å². The molecule has 25 heavy (non-hydrogen) atoms. The fraction of sp³-hybridized carbons (Fsp3) is 0.263. The number of aryl methyl sites for hydroxylation is 1. The van der Waals surface area contributed by atoms with Crippen molar-refractivity contribution in [3.63, 3.8) is 0 Å². The predicted octanol–water partition coefficient (Wildman–Crippen LogP) is 4.17. The van der Waals surface area contributed by atoms with Crippen molar-refractivity contribution in [1.82, 2.24) is 25.1 Å². The van der Waals surface area contributed by atoms with Crippen molar-refractivity contribution in [3.8, 4) is 11.3 Å². The van der Waals surface area contributed by atoms with Gasteiger partial charge in [0.1, 0.15) is 0 Å². The van der Waals surface area contributed by atoms with Crippen molar-refractivity contribution in [3.05, 3.63) is 41.9 Å². The van der Waals surface area contributed by atoms with Gasteiger partial charge in [-0.05, 0) is 55.2 Å². The van der Waals surface area contributed by atoms with Crippen molar-refractivity contribution in [2.24, 2.45) is 0 Å². The lowest BCUT2D eigenvalue weighted by Gasteiger charge is -2.21. The van der Waals surface area contributed by atoms with Crippen LogP contribution in [0.3, 0.4) is 0 Å². The SMILES string of the molecule is CSc1ncc(-c2nc3ccc4[nH]ncc4c3c3c2CCCC3)cn1. The quantitative estimate of drug-likeness (QED) is 0.435. The van der Waals surface area contributed by atoms with E-state index >= 15 is 0 Å². The molecule has 0 unspecified atom stereocenters. The lowest BCUT2D eigenvalue weighted by Crippen LogP contribution is -2.08. The highest BCUT2D eigenvalue weighted by atomic mass is 32.2. The Morgan fingerprint density at radius 2 is 1.80 bits per heavy atom. The maximum Gasteiger partial charge on any atom is 0.187 e. The number of pyridine rings is 1. The molecular formula is C19H17N5S. The minimum atomic E-state index is 0.790. The second-order valence-electron chi connectivity index (χ2n) is 6.37. The molecule has 1 N–H and O–H groups in total. The van der Waals surface area contributed by atoms with Gasteiger partial charge in [0.05, 0.1) is 22.9 Å². The second-order valence-corrected chi connectivity index (χ2v) is 7.15. The average Bonchev–Trinajstić information content (AvgIpc) is 3.16. The van der Waals surface area contributed by atoms with E-state index in [2.05, 4.69) is 32.3 Å². The Balaban J connectivity index is 1.83. The summed E-state index contributed by atoms with van der Waals surface area (Å²) in [6.07, 6.45) is 12.3. The van der Waals surface area contributed by atoms with E-state index in [4.69, 9.17) is 4.98 Å². The monoisotopic (exact) mass is 347 g/mol. The van der Waals surface area contributed by atoms with Crippen molar-refractivity contribution in [2.45, 2.75) is 30.8 Å². The number of hydrogen-bond acceptors (Lipinski definition) is 5. The maximum atomic E-state index is 5.02. The molecule has 5 nitrogen and oxygen atoms in total. The number of nitrogens with one attached hydrogen (secondary N) is 1. The number of benzene rings is 1. The maximum absolute atomic E-state index is 5.02. The molecule has 1 aromatic carbocycles. The molecule has 3 aromatic heterocycles. The van der Waals surface area contributed by atoms with Gasteiger partial charge in [0, 0.05) is 28.7 Å². The highest BCUT2D eigenvalue weighted by molar-refractivity contribution is 7.98. The van der Waals surface area contributed by atoms with Gasteiger partial charge < -0.3 is 0 Å². The van der Waals surface area contributed by atoms with Gasteiger partial charge >= 0.3 is 0 Å². The molecule has 0 radical (unpaired) electrons. The summed E-state index contributed by atoms with van der Waals surface area (Å²) in [5.41, 5.74) is 6.92. The summed E-state index contributed by atoms with van der Waals surface area (Å²) in [6.45, 7) is 0. The number of H-pyrrole nitrogens is 1. The summed E-state index contributed by atoms with van der Waals surface area (Å²) < 4.78 is 0. The van der Waals surface area contributed by atoms with Crippen LogP contribution in [-0.2, 0) is 12.8 Å². The van der Waals surface area contributed by atoms with Crippen LogP contribution in [0.2, 0.25) is 0 Å². The van der Waals surface area contributed by atoms with E-state index in [-0.39, 0.29) is 0 Å². The van der Waals surface area contributed by atoms with Gasteiger partial charge in [0.25, 0.3) is 0 Å². The number of thioether (sulfide) groups is 1. The van der Waals surface area contributed by atoms with Gasteiger partial charge in [0.2, 0.25) is 0 Å². The highest BCUT2D eigenvalue weighted by Gasteiger charge is 2.21. The zero-order valence-corrected chi connectivity index (χ0v) is 14.7. The zero-order valence-electron chi connectivity index (χ0n) is 13.9. The van der Waals surface area contributed by atoms with Gasteiger partial charge in [-0.2, -0.15) is 5.10 Å². The fourth-order valence-electron chi connectivity index (χ4n) is 3.83. The summed E-state index contributed by atoms with van der Waals surface area (Å²) in [6, 6.07) is 4.15. The molecule has 5 rings (SSSR count). The van der Waals surface area contributed by atoms with Crippen LogP contribution in [0.4, 0.5) is 0 Å². The first-order valence-electron chi connectivity index (χ1n) is 8.49. The summed E-state index contributed by atoms with van der Waals surface area (Å²) >= 11 is 1.55. The lowest BCUT2D eigenvalue weighted by atomic mass is 9.86. The molecule has 1 aliphatic carbocycles. The van der Waals surface area contributed by atoms with Gasteiger partial charge in [-0.15, -0.1) is 0 Å². The third kappa shape index (κ3) is 2.32. The molecule has 0 amide bonds. The summed E-state index contributed by atoms with van der Waals surface area (Å²) in [5, 5.41) is 10.5. The zero-order chi connectivity index (χ0) is 16.8. The Labute approximate surface area is 149 Å². The first-order valence-corrected chi connectivity index (χ1v) is 9.71.